The summed E-state index contributed by atoms with van der Waals surface area (Å²) in [6.07, 6.45) is -0.314. The number of aliphatic hydroxyl groups is 1. The molecule has 0 spiro atoms. The molecule has 0 aliphatic carbocycles. The molecule has 0 heterocycles. The maximum atomic E-state index is 13.6. The van der Waals surface area contributed by atoms with Crippen molar-refractivity contribution in [1.29, 1.82) is 0 Å². The molecule has 3 aromatic rings. The third-order valence-corrected chi connectivity index (χ3v) is 9.23. The van der Waals surface area contributed by atoms with Gasteiger partial charge in [0.1, 0.15) is 6.04 Å². The molecule has 0 aromatic heterocycles. The highest BCUT2D eigenvalue weighted by Crippen LogP contribution is 2.19. The van der Waals surface area contributed by atoms with Crippen LogP contribution in [0.3, 0.4) is 0 Å². The number of aliphatic hydroxyl groups excluding tert-OH is 1. The lowest BCUT2D eigenvalue weighted by atomic mass is 9.93. The van der Waals surface area contributed by atoms with Crippen molar-refractivity contribution in [3.63, 3.8) is 0 Å². The Kier molecular flexibility index (Phi) is 11.7. The Morgan fingerprint density at radius 1 is 0.864 bits per heavy atom. The van der Waals surface area contributed by atoms with Crippen LogP contribution in [0.15, 0.2) is 83.8 Å². The summed E-state index contributed by atoms with van der Waals surface area (Å²) in [5, 5.41) is 17.3. The molecule has 0 radical (unpaired) electrons. The highest BCUT2D eigenvalue weighted by Gasteiger charge is 2.33. The normalized spacial score (nSPS) is 14.3. The molecule has 3 aromatic carbocycles. The van der Waals surface area contributed by atoms with Crippen molar-refractivity contribution in [3.05, 3.63) is 101 Å². The minimum atomic E-state index is -4.14. The minimum absolute atomic E-state index is 0.0290. The van der Waals surface area contributed by atoms with Crippen molar-refractivity contribution >= 4 is 43.3 Å². The lowest BCUT2D eigenvalue weighted by Crippen LogP contribution is -2.55. The number of sulfone groups is 1. The van der Waals surface area contributed by atoms with Gasteiger partial charge in [0.25, 0.3) is 5.91 Å². The summed E-state index contributed by atoms with van der Waals surface area (Å²) < 4.78 is 52.8. The molecule has 0 bridgehead atoms. The third kappa shape index (κ3) is 11.0. The van der Waals surface area contributed by atoms with Gasteiger partial charge in [-0.15, -0.1) is 0 Å². The molecule has 0 fully saturated rings. The van der Waals surface area contributed by atoms with E-state index in [9.17, 15) is 31.5 Å². The van der Waals surface area contributed by atoms with E-state index >= 15 is 0 Å². The largest absolute Gasteiger partial charge is 0.391 e. The van der Waals surface area contributed by atoms with Crippen molar-refractivity contribution in [2.75, 3.05) is 12.0 Å². The molecule has 3 atom stereocenters. The Morgan fingerprint density at radius 2 is 1.45 bits per heavy atom. The van der Waals surface area contributed by atoms with Crippen LogP contribution in [-0.4, -0.2) is 69.5 Å². The molecule has 0 saturated heterocycles. The number of rotatable bonds is 13. The summed E-state index contributed by atoms with van der Waals surface area (Å²) in [4.78, 5) is 26.4. The number of halogens is 1. The Bertz CT molecular complexity index is 1660. The van der Waals surface area contributed by atoms with Crippen molar-refractivity contribution < 1.29 is 31.5 Å². The summed E-state index contributed by atoms with van der Waals surface area (Å²) in [7, 11) is -8.17. The van der Waals surface area contributed by atoms with Gasteiger partial charge in [-0.25, -0.2) is 21.6 Å². The summed E-state index contributed by atoms with van der Waals surface area (Å²) in [6.45, 7) is 5.55. The number of nitrogens with one attached hydrogen (secondary N) is 3. The van der Waals surface area contributed by atoms with Gasteiger partial charge in [0.15, 0.2) is 9.84 Å². The maximum absolute atomic E-state index is 13.6. The van der Waals surface area contributed by atoms with Crippen molar-refractivity contribution in [1.82, 2.24) is 15.4 Å². The standard InChI is InChI=1S/C31H38ClN3O7S2/c1-31(2,3)34-29(37)25-13-9-8-12-22(25)19-28(36)26(18-21-10-6-5-7-11-21)33-30(38)27(35-43(4,39)40)20-44(41,42)24-16-14-23(32)15-17-24/h5-17,26-28,35-36H,18-20H2,1-4H3,(H,33,38)(H,34,37)/t26-,27+,28+/m1/s1. The number of hydrogen-bond donors (Lipinski definition) is 4. The fourth-order valence-electron chi connectivity index (χ4n) is 4.51. The number of sulfonamides is 1. The second-order valence-corrected chi connectivity index (χ2v) is 15.9. The lowest BCUT2D eigenvalue weighted by Gasteiger charge is -2.28. The molecule has 3 rings (SSSR count). The first-order chi connectivity index (χ1) is 20.4. The van der Waals surface area contributed by atoms with E-state index in [0.29, 0.717) is 16.1 Å². The van der Waals surface area contributed by atoms with Crippen LogP contribution in [0.1, 0.15) is 42.3 Å². The summed E-state index contributed by atoms with van der Waals surface area (Å²) in [5.41, 5.74) is 1.15. The van der Waals surface area contributed by atoms with Gasteiger partial charge >= 0.3 is 0 Å². The minimum Gasteiger partial charge on any atom is -0.391 e. The van der Waals surface area contributed by atoms with E-state index in [1.54, 1.807) is 48.5 Å². The van der Waals surface area contributed by atoms with Gasteiger partial charge in [-0.1, -0.05) is 60.1 Å². The number of carbonyl (C=O) groups excluding carboxylic acids is 2. The first kappa shape index (κ1) is 35.2. The van der Waals surface area contributed by atoms with Crippen LogP contribution in [-0.2, 0) is 37.5 Å². The molecule has 0 aliphatic rings. The van der Waals surface area contributed by atoms with Gasteiger partial charge in [0.05, 0.1) is 29.0 Å². The number of amides is 2. The zero-order valence-electron chi connectivity index (χ0n) is 25.0. The van der Waals surface area contributed by atoms with E-state index in [-0.39, 0.29) is 23.6 Å². The van der Waals surface area contributed by atoms with Crippen molar-refractivity contribution in [3.8, 4) is 0 Å². The Morgan fingerprint density at radius 3 is 2.05 bits per heavy atom. The van der Waals surface area contributed by atoms with Gasteiger partial charge in [0, 0.05) is 22.5 Å². The predicted octanol–water partition coefficient (Wildman–Crippen LogP) is 2.89. The van der Waals surface area contributed by atoms with Crippen LogP contribution in [0.5, 0.6) is 0 Å². The number of benzene rings is 3. The summed E-state index contributed by atoms with van der Waals surface area (Å²) >= 11 is 5.88. The van der Waals surface area contributed by atoms with Gasteiger partial charge in [-0.05, 0) is 68.7 Å². The second kappa shape index (κ2) is 14.7. The Hall–Kier alpha value is -3.29. The third-order valence-electron chi connectivity index (χ3n) is 6.50. The average molecular weight is 664 g/mol. The first-order valence-corrected chi connectivity index (χ1v) is 17.7. The molecule has 0 unspecified atom stereocenters. The molecule has 10 nitrogen and oxygen atoms in total. The molecular formula is C31H38ClN3O7S2. The highest BCUT2D eigenvalue weighted by molar-refractivity contribution is 7.91. The zero-order valence-corrected chi connectivity index (χ0v) is 27.3. The monoisotopic (exact) mass is 663 g/mol. The van der Waals surface area contributed by atoms with E-state index in [0.717, 1.165) is 11.8 Å². The van der Waals surface area contributed by atoms with E-state index in [1.807, 2.05) is 26.8 Å². The van der Waals surface area contributed by atoms with Crippen LogP contribution in [0.25, 0.3) is 0 Å². The fourth-order valence-corrected chi connectivity index (χ4v) is 6.86. The second-order valence-electron chi connectivity index (χ2n) is 11.6. The fraction of sp³-hybridized carbons (Fsp3) is 0.355. The zero-order chi connectivity index (χ0) is 32.7. The summed E-state index contributed by atoms with van der Waals surface area (Å²) in [5.74, 6) is -2.14. The van der Waals surface area contributed by atoms with E-state index < -0.39 is 55.2 Å². The van der Waals surface area contributed by atoms with E-state index in [1.165, 1.54) is 24.3 Å². The average Bonchev–Trinajstić information content (AvgIpc) is 2.91. The first-order valence-electron chi connectivity index (χ1n) is 13.8. The SMILES string of the molecule is CC(C)(C)NC(=O)c1ccccc1C[C@H](O)[C@@H](Cc1ccccc1)NC(=O)[C@H](CS(=O)(=O)c1ccc(Cl)cc1)NS(C)(=O)=O. The molecule has 238 valence electrons. The molecule has 2 amide bonds. The smallest absolute Gasteiger partial charge is 0.251 e. The Labute approximate surface area is 264 Å². The number of carbonyl (C=O) groups is 2. The van der Waals surface area contributed by atoms with Gasteiger partial charge in [-0.2, -0.15) is 0 Å². The van der Waals surface area contributed by atoms with Crippen LogP contribution in [0.4, 0.5) is 0 Å². The van der Waals surface area contributed by atoms with Gasteiger partial charge < -0.3 is 15.7 Å². The van der Waals surface area contributed by atoms with Crippen LogP contribution >= 0.6 is 11.6 Å². The van der Waals surface area contributed by atoms with Crippen molar-refractivity contribution in [2.24, 2.45) is 0 Å². The summed E-state index contributed by atoms with van der Waals surface area (Å²) in [6, 6.07) is 18.4. The van der Waals surface area contributed by atoms with E-state index in [4.69, 9.17) is 11.6 Å². The molecule has 44 heavy (non-hydrogen) atoms. The Balaban J connectivity index is 1.92. The van der Waals surface area contributed by atoms with Crippen molar-refractivity contribution in [2.45, 2.75) is 62.2 Å². The molecule has 0 saturated carbocycles. The van der Waals surface area contributed by atoms with Gasteiger partial charge in [-0.3, -0.25) is 9.59 Å². The topological polar surface area (TPSA) is 159 Å². The van der Waals surface area contributed by atoms with Crippen LogP contribution < -0.4 is 15.4 Å². The quantitative estimate of drug-likeness (QED) is 0.219. The van der Waals surface area contributed by atoms with Crippen LogP contribution in [0.2, 0.25) is 5.02 Å². The lowest BCUT2D eigenvalue weighted by molar-refractivity contribution is -0.123. The predicted molar refractivity (Wildman–Crippen MR) is 171 cm³/mol. The van der Waals surface area contributed by atoms with E-state index in [2.05, 4.69) is 15.4 Å². The molecular weight excluding hydrogens is 626 g/mol. The molecule has 13 heteroatoms. The van der Waals surface area contributed by atoms with Crippen LogP contribution in [0, 0.1) is 0 Å². The molecule has 0 aliphatic heterocycles. The molecule has 4 N–H and O–H groups in total. The maximum Gasteiger partial charge on any atom is 0.251 e. The van der Waals surface area contributed by atoms with Gasteiger partial charge in [0.2, 0.25) is 15.9 Å². The highest BCUT2D eigenvalue weighted by atomic mass is 35.5. The number of hydrogen-bond acceptors (Lipinski definition) is 7.